The summed E-state index contributed by atoms with van der Waals surface area (Å²) in [5.41, 5.74) is 5.32. The number of hydrogen-bond donors (Lipinski definition) is 0. The Morgan fingerprint density at radius 2 is 1.64 bits per heavy atom. The predicted octanol–water partition coefficient (Wildman–Crippen LogP) is 5.49. The van der Waals surface area contributed by atoms with Crippen LogP contribution in [0.1, 0.15) is 25.3 Å². The van der Waals surface area contributed by atoms with E-state index in [-0.39, 0.29) is 0 Å². The van der Waals surface area contributed by atoms with Crippen LogP contribution >= 0.6 is 0 Å². The highest BCUT2D eigenvalue weighted by Gasteiger charge is 2.20. The van der Waals surface area contributed by atoms with Crippen molar-refractivity contribution in [2.45, 2.75) is 25.3 Å². The summed E-state index contributed by atoms with van der Waals surface area (Å²) in [6, 6.07) is 23.7. The van der Waals surface area contributed by atoms with Gasteiger partial charge in [0.05, 0.1) is 22.9 Å². The SMILES string of the molecule is c1ccc(-c2ccc3ccc(-c4ccn(C5CCC5)n4)cc3n2)cc1. The van der Waals surface area contributed by atoms with Crippen molar-refractivity contribution in [3.8, 4) is 22.5 Å². The lowest BCUT2D eigenvalue weighted by Crippen LogP contribution is -2.17. The Kier molecular flexibility index (Phi) is 3.37. The third kappa shape index (κ3) is 2.62. The van der Waals surface area contributed by atoms with Crippen molar-refractivity contribution < 1.29 is 0 Å². The molecule has 0 N–H and O–H groups in total. The molecule has 122 valence electrons. The molecule has 0 aliphatic heterocycles. The summed E-state index contributed by atoms with van der Waals surface area (Å²) in [5, 5.41) is 5.93. The van der Waals surface area contributed by atoms with Crippen molar-refractivity contribution >= 4 is 10.9 Å². The van der Waals surface area contributed by atoms with Crippen LogP contribution in [0.25, 0.3) is 33.4 Å². The molecule has 0 atom stereocenters. The minimum Gasteiger partial charge on any atom is -0.269 e. The molecule has 2 heterocycles. The van der Waals surface area contributed by atoms with Crippen LogP contribution in [0, 0.1) is 0 Å². The molecular formula is C22H19N3. The monoisotopic (exact) mass is 325 g/mol. The highest BCUT2D eigenvalue weighted by Crippen LogP contribution is 2.32. The molecule has 3 nitrogen and oxygen atoms in total. The number of fused-ring (bicyclic) bond motifs is 1. The normalized spacial score (nSPS) is 14.6. The van der Waals surface area contributed by atoms with E-state index in [1.807, 2.05) is 18.2 Å². The van der Waals surface area contributed by atoms with E-state index in [2.05, 4.69) is 59.4 Å². The van der Waals surface area contributed by atoms with Crippen LogP contribution in [-0.4, -0.2) is 14.8 Å². The molecule has 4 aromatic rings. The van der Waals surface area contributed by atoms with Crippen LogP contribution in [-0.2, 0) is 0 Å². The lowest BCUT2D eigenvalue weighted by Gasteiger charge is -2.25. The van der Waals surface area contributed by atoms with E-state index in [4.69, 9.17) is 10.1 Å². The molecular weight excluding hydrogens is 306 g/mol. The Hall–Kier alpha value is -2.94. The zero-order valence-corrected chi connectivity index (χ0v) is 14.0. The number of hydrogen-bond acceptors (Lipinski definition) is 2. The number of pyridine rings is 1. The zero-order valence-electron chi connectivity index (χ0n) is 14.0. The molecule has 0 amide bonds. The Labute approximate surface area is 147 Å². The average Bonchev–Trinajstić information content (AvgIpc) is 3.09. The van der Waals surface area contributed by atoms with Gasteiger partial charge in [-0.1, -0.05) is 48.5 Å². The van der Waals surface area contributed by atoms with Gasteiger partial charge >= 0.3 is 0 Å². The Morgan fingerprint density at radius 1 is 0.800 bits per heavy atom. The predicted molar refractivity (Wildman–Crippen MR) is 101 cm³/mol. The molecule has 25 heavy (non-hydrogen) atoms. The van der Waals surface area contributed by atoms with E-state index < -0.39 is 0 Å². The molecule has 0 unspecified atom stereocenters. The number of aromatic nitrogens is 3. The van der Waals surface area contributed by atoms with E-state index in [0.717, 1.165) is 33.4 Å². The molecule has 1 fully saturated rings. The Balaban J connectivity index is 1.54. The van der Waals surface area contributed by atoms with E-state index in [1.165, 1.54) is 19.3 Å². The first-order valence-electron chi connectivity index (χ1n) is 8.89. The molecule has 5 rings (SSSR count). The van der Waals surface area contributed by atoms with Crippen molar-refractivity contribution in [1.29, 1.82) is 0 Å². The molecule has 2 aromatic carbocycles. The van der Waals surface area contributed by atoms with E-state index >= 15 is 0 Å². The maximum absolute atomic E-state index is 4.87. The molecule has 0 bridgehead atoms. The molecule has 3 heteroatoms. The van der Waals surface area contributed by atoms with Crippen LogP contribution < -0.4 is 0 Å². The summed E-state index contributed by atoms with van der Waals surface area (Å²) in [5.74, 6) is 0. The van der Waals surface area contributed by atoms with Gasteiger partial charge in [-0.3, -0.25) is 4.68 Å². The molecule has 1 aliphatic carbocycles. The smallest absolute Gasteiger partial charge is 0.0924 e. The van der Waals surface area contributed by atoms with Gasteiger partial charge in [0.25, 0.3) is 0 Å². The summed E-state index contributed by atoms with van der Waals surface area (Å²) in [6.45, 7) is 0. The van der Waals surface area contributed by atoms with Gasteiger partial charge in [0.1, 0.15) is 0 Å². The van der Waals surface area contributed by atoms with Gasteiger partial charge < -0.3 is 0 Å². The molecule has 1 aliphatic rings. The van der Waals surface area contributed by atoms with Gasteiger partial charge in [0.2, 0.25) is 0 Å². The highest BCUT2D eigenvalue weighted by atomic mass is 15.3. The minimum atomic E-state index is 0.594. The van der Waals surface area contributed by atoms with E-state index in [1.54, 1.807) is 0 Å². The van der Waals surface area contributed by atoms with Crippen molar-refractivity contribution in [3.05, 3.63) is 72.9 Å². The lowest BCUT2D eigenvalue weighted by atomic mass is 9.93. The zero-order chi connectivity index (χ0) is 16.6. The highest BCUT2D eigenvalue weighted by molar-refractivity contribution is 5.85. The van der Waals surface area contributed by atoms with Gasteiger partial charge in [-0.25, -0.2) is 4.98 Å². The molecule has 2 aromatic heterocycles. The number of rotatable bonds is 3. The molecule has 0 spiro atoms. The lowest BCUT2D eigenvalue weighted by molar-refractivity contribution is 0.290. The molecule has 0 saturated heterocycles. The number of nitrogens with zero attached hydrogens (tertiary/aromatic N) is 3. The largest absolute Gasteiger partial charge is 0.269 e. The van der Waals surface area contributed by atoms with Crippen molar-refractivity contribution in [2.24, 2.45) is 0 Å². The fourth-order valence-corrected chi connectivity index (χ4v) is 3.39. The first-order valence-corrected chi connectivity index (χ1v) is 8.89. The van der Waals surface area contributed by atoms with Crippen LogP contribution in [0.3, 0.4) is 0 Å². The van der Waals surface area contributed by atoms with Crippen LogP contribution in [0.2, 0.25) is 0 Å². The van der Waals surface area contributed by atoms with Gasteiger partial charge in [0.15, 0.2) is 0 Å². The second-order valence-corrected chi connectivity index (χ2v) is 6.74. The van der Waals surface area contributed by atoms with Crippen LogP contribution in [0.15, 0.2) is 72.9 Å². The number of benzene rings is 2. The summed E-state index contributed by atoms with van der Waals surface area (Å²) in [7, 11) is 0. The fourth-order valence-electron chi connectivity index (χ4n) is 3.39. The third-order valence-electron chi connectivity index (χ3n) is 5.11. The van der Waals surface area contributed by atoms with Crippen LogP contribution in [0.4, 0.5) is 0 Å². The minimum absolute atomic E-state index is 0.594. The van der Waals surface area contributed by atoms with E-state index in [9.17, 15) is 0 Å². The summed E-state index contributed by atoms with van der Waals surface area (Å²) in [4.78, 5) is 4.87. The second-order valence-electron chi connectivity index (χ2n) is 6.74. The summed E-state index contributed by atoms with van der Waals surface area (Å²) >= 11 is 0. The van der Waals surface area contributed by atoms with Crippen molar-refractivity contribution in [1.82, 2.24) is 14.8 Å². The van der Waals surface area contributed by atoms with E-state index in [0.29, 0.717) is 6.04 Å². The maximum atomic E-state index is 4.87. The van der Waals surface area contributed by atoms with Crippen LogP contribution in [0.5, 0.6) is 0 Å². The van der Waals surface area contributed by atoms with Crippen molar-refractivity contribution in [3.63, 3.8) is 0 Å². The van der Waals surface area contributed by atoms with Gasteiger partial charge in [0, 0.05) is 22.7 Å². The average molecular weight is 325 g/mol. The van der Waals surface area contributed by atoms with Gasteiger partial charge in [-0.05, 0) is 37.5 Å². The fraction of sp³-hybridized carbons (Fsp3) is 0.182. The Bertz CT molecular complexity index is 1030. The topological polar surface area (TPSA) is 30.7 Å². The maximum Gasteiger partial charge on any atom is 0.0924 e. The summed E-state index contributed by atoms with van der Waals surface area (Å²) in [6.07, 6.45) is 5.93. The quantitative estimate of drug-likeness (QED) is 0.498. The standard InChI is InChI=1S/C22H19N3/c1-2-5-16(6-3-1)20-12-11-17-9-10-18(15-22(17)23-20)21-13-14-25(24-21)19-7-4-8-19/h1-3,5-6,9-15,19H,4,7-8H2. The van der Waals surface area contributed by atoms with Crippen molar-refractivity contribution in [2.75, 3.05) is 0 Å². The third-order valence-corrected chi connectivity index (χ3v) is 5.11. The first kappa shape index (κ1) is 14.4. The van der Waals surface area contributed by atoms with Gasteiger partial charge in [-0.15, -0.1) is 0 Å². The molecule has 0 radical (unpaired) electrons. The van der Waals surface area contributed by atoms with Gasteiger partial charge in [-0.2, -0.15) is 5.10 Å². The second kappa shape index (κ2) is 5.85. The molecule has 1 saturated carbocycles. The first-order chi connectivity index (χ1) is 12.4. The Morgan fingerprint density at radius 3 is 2.44 bits per heavy atom. The summed E-state index contributed by atoms with van der Waals surface area (Å²) < 4.78 is 2.12.